The van der Waals surface area contributed by atoms with Gasteiger partial charge in [0.25, 0.3) is 0 Å². The molecule has 0 aliphatic rings. The summed E-state index contributed by atoms with van der Waals surface area (Å²) < 4.78 is 35.9. The second kappa shape index (κ2) is 6.18. The average molecular weight is 280 g/mol. The van der Waals surface area contributed by atoms with Crippen LogP contribution in [0, 0.1) is 11.3 Å². The van der Waals surface area contributed by atoms with Gasteiger partial charge in [0.2, 0.25) is 0 Å². The van der Waals surface area contributed by atoms with Crippen molar-refractivity contribution in [3.8, 4) is 6.07 Å². The third-order valence-electron chi connectivity index (χ3n) is 1.96. The molecular formula is C11H9ClF3NS. The van der Waals surface area contributed by atoms with E-state index in [1.165, 1.54) is 0 Å². The minimum Gasteiger partial charge on any atom is -0.197 e. The minimum atomic E-state index is -4.17. The van der Waals surface area contributed by atoms with Crippen molar-refractivity contribution < 1.29 is 13.2 Å². The fourth-order valence-electron chi connectivity index (χ4n) is 1.14. The van der Waals surface area contributed by atoms with E-state index in [1.54, 1.807) is 24.3 Å². The van der Waals surface area contributed by atoms with Gasteiger partial charge in [0, 0.05) is 10.8 Å². The van der Waals surface area contributed by atoms with Crippen molar-refractivity contribution in [3.05, 3.63) is 34.9 Å². The van der Waals surface area contributed by atoms with Crippen LogP contribution < -0.4 is 0 Å². The molecule has 0 fully saturated rings. The third-order valence-corrected chi connectivity index (χ3v) is 3.36. The number of benzene rings is 1. The number of hydrogen-bond acceptors (Lipinski definition) is 2. The van der Waals surface area contributed by atoms with E-state index in [1.807, 2.05) is 6.07 Å². The van der Waals surface area contributed by atoms with E-state index in [2.05, 4.69) is 0 Å². The second-order valence-corrected chi connectivity index (χ2v) is 4.95. The maximum atomic E-state index is 12.0. The molecule has 0 heterocycles. The number of nitrogens with zero attached hydrogens (tertiary/aromatic N) is 1. The number of nitriles is 1. The highest BCUT2D eigenvalue weighted by Crippen LogP contribution is 2.32. The lowest BCUT2D eigenvalue weighted by atomic mass is 10.2. The predicted molar refractivity (Wildman–Crippen MR) is 62.9 cm³/mol. The van der Waals surface area contributed by atoms with E-state index >= 15 is 0 Å². The van der Waals surface area contributed by atoms with Crippen molar-refractivity contribution in [1.29, 1.82) is 5.26 Å². The normalized spacial score (nSPS) is 13.1. The van der Waals surface area contributed by atoms with Crippen molar-refractivity contribution in [2.45, 2.75) is 17.8 Å². The van der Waals surface area contributed by atoms with Crippen LogP contribution in [0.3, 0.4) is 0 Å². The molecule has 0 N–H and O–H groups in total. The van der Waals surface area contributed by atoms with Gasteiger partial charge in [-0.1, -0.05) is 23.7 Å². The Morgan fingerprint density at radius 2 is 1.88 bits per heavy atom. The van der Waals surface area contributed by atoms with Crippen molar-refractivity contribution in [2.24, 2.45) is 0 Å². The molecule has 1 atom stereocenters. The number of halogens is 4. The number of thioether (sulfide) groups is 1. The molecule has 1 aromatic rings. The van der Waals surface area contributed by atoms with E-state index < -0.39 is 17.8 Å². The maximum Gasteiger partial charge on any atom is 0.389 e. The average Bonchev–Trinajstić information content (AvgIpc) is 2.24. The molecule has 0 aliphatic carbocycles. The minimum absolute atomic E-state index is 0.121. The summed E-state index contributed by atoms with van der Waals surface area (Å²) in [7, 11) is 0. The second-order valence-electron chi connectivity index (χ2n) is 3.30. The molecule has 0 amide bonds. The highest BCUT2D eigenvalue weighted by atomic mass is 35.5. The first-order valence-electron chi connectivity index (χ1n) is 4.76. The van der Waals surface area contributed by atoms with Gasteiger partial charge in [-0.15, -0.1) is 11.8 Å². The van der Waals surface area contributed by atoms with Crippen LogP contribution in [0.5, 0.6) is 0 Å². The van der Waals surface area contributed by atoms with Crippen molar-refractivity contribution in [3.63, 3.8) is 0 Å². The van der Waals surface area contributed by atoms with Gasteiger partial charge >= 0.3 is 6.18 Å². The Hall–Kier alpha value is -0.860. The fraction of sp³-hybridized carbons (Fsp3) is 0.364. The molecule has 1 nitrogen and oxygen atoms in total. The standard InChI is InChI=1S/C11H9ClF3NS/c12-9-3-1-8(2-4-9)10(7-16)17-6-5-11(13,14)15/h1-4,10H,5-6H2. The molecule has 1 aromatic carbocycles. The van der Waals surface area contributed by atoms with Crippen molar-refractivity contribution in [1.82, 2.24) is 0 Å². The van der Waals surface area contributed by atoms with E-state index in [-0.39, 0.29) is 5.75 Å². The smallest absolute Gasteiger partial charge is 0.197 e. The van der Waals surface area contributed by atoms with E-state index in [0.717, 1.165) is 11.8 Å². The van der Waals surface area contributed by atoms with E-state index in [9.17, 15) is 13.2 Å². The van der Waals surface area contributed by atoms with Crippen molar-refractivity contribution >= 4 is 23.4 Å². The molecule has 1 unspecified atom stereocenters. The molecule has 1 rings (SSSR count). The Balaban J connectivity index is 2.55. The topological polar surface area (TPSA) is 23.8 Å². The lowest BCUT2D eigenvalue weighted by Crippen LogP contribution is -2.08. The van der Waals surface area contributed by atoms with Gasteiger partial charge in [-0.05, 0) is 17.7 Å². The molecule has 17 heavy (non-hydrogen) atoms. The molecule has 0 saturated carbocycles. The van der Waals surface area contributed by atoms with Gasteiger partial charge in [-0.25, -0.2) is 0 Å². The molecule has 0 bridgehead atoms. The molecule has 0 aliphatic heterocycles. The van der Waals surface area contributed by atoms with Crippen LogP contribution in [-0.2, 0) is 0 Å². The van der Waals surface area contributed by atoms with Crippen LogP contribution in [0.25, 0.3) is 0 Å². The Labute approximate surface area is 107 Å². The summed E-state index contributed by atoms with van der Waals surface area (Å²) in [5, 5.41) is 8.84. The first-order chi connectivity index (χ1) is 7.92. The summed E-state index contributed by atoms with van der Waals surface area (Å²) in [4.78, 5) is 0. The van der Waals surface area contributed by atoms with Crippen LogP contribution in [0.1, 0.15) is 17.2 Å². The molecular weight excluding hydrogens is 271 g/mol. The fourth-order valence-corrected chi connectivity index (χ4v) is 2.27. The van der Waals surface area contributed by atoms with Crippen LogP contribution in [-0.4, -0.2) is 11.9 Å². The Kier molecular flexibility index (Phi) is 5.16. The molecule has 0 spiro atoms. The molecule has 0 saturated heterocycles. The summed E-state index contributed by atoms with van der Waals surface area (Å²) >= 11 is 6.67. The summed E-state index contributed by atoms with van der Waals surface area (Å²) in [5.74, 6) is -0.121. The van der Waals surface area contributed by atoms with Crippen molar-refractivity contribution in [2.75, 3.05) is 5.75 Å². The summed E-state index contributed by atoms with van der Waals surface area (Å²) in [6, 6.07) is 8.51. The van der Waals surface area contributed by atoms with Crippen LogP contribution >= 0.6 is 23.4 Å². The zero-order chi connectivity index (χ0) is 12.9. The third kappa shape index (κ3) is 5.33. The largest absolute Gasteiger partial charge is 0.389 e. The molecule has 92 valence electrons. The van der Waals surface area contributed by atoms with Gasteiger partial charge in [0.15, 0.2) is 0 Å². The van der Waals surface area contributed by atoms with E-state index in [0.29, 0.717) is 10.6 Å². The van der Waals surface area contributed by atoms with Gasteiger partial charge in [0.05, 0.1) is 12.5 Å². The Morgan fingerprint density at radius 3 is 2.35 bits per heavy atom. The van der Waals surface area contributed by atoms with Gasteiger partial charge in [-0.3, -0.25) is 0 Å². The van der Waals surface area contributed by atoms with Gasteiger partial charge < -0.3 is 0 Å². The quantitative estimate of drug-likeness (QED) is 0.805. The summed E-state index contributed by atoms with van der Waals surface area (Å²) in [6.45, 7) is 0. The highest BCUT2D eigenvalue weighted by molar-refractivity contribution is 7.99. The highest BCUT2D eigenvalue weighted by Gasteiger charge is 2.27. The predicted octanol–water partition coefficient (Wildman–Crippen LogP) is 4.59. The first kappa shape index (κ1) is 14.2. The maximum absolute atomic E-state index is 12.0. The van der Waals surface area contributed by atoms with Gasteiger partial charge in [-0.2, -0.15) is 18.4 Å². The lowest BCUT2D eigenvalue weighted by molar-refractivity contribution is -0.129. The number of alkyl halides is 3. The Morgan fingerprint density at radius 1 is 1.29 bits per heavy atom. The zero-order valence-corrected chi connectivity index (χ0v) is 10.2. The molecule has 0 radical (unpaired) electrons. The molecule has 0 aromatic heterocycles. The SMILES string of the molecule is N#CC(SCCC(F)(F)F)c1ccc(Cl)cc1. The zero-order valence-electron chi connectivity index (χ0n) is 8.67. The molecule has 6 heteroatoms. The van der Waals surface area contributed by atoms with Crippen LogP contribution in [0.15, 0.2) is 24.3 Å². The monoisotopic (exact) mass is 279 g/mol. The number of hydrogen-bond donors (Lipinski definition) is 0. The summed E-state index contributed by atoms with van der Waals surface area (Å²) in [5.41, 5.74) is 0.670. The number of rotatable bonds is 4. The lowest BCUT2D eigenvalue weighted by Gasteiger charge is -2.10. The van der Waals surface area contributed by atoms with Gasteiger partial charge in [0.1, 0.15) is 5.25 Å². The summed E-state index contributed by atoms with van der Waals surface area (Å²) in [6.07, 6.45) is -5.06. The Bertz CT molecular complexity index is 397. The van der Waals surface area contributed by atoms with Crippen LogP contribution in [0.2, 0.25) is 5.02 Å². The van der Waals surface area contributed by atoms with Crippen LogP contribution in [0.4, 0.5) is 13.2 Å². The first-order valence-corrected chi connectivity index (χ1v) is 6.18. The van der Waals surface area contributed by atoms with E-state index in [4.69, 9.17) is 16.9 Å².